The van der Waals surface area contributed by atoms with Crippen molar-refractivity contribution in [3.05, 3.63) is 28.8 Å². The summed E-state index contributed by atoms with van der Waals surface area (Å²) in [6.45, 7) is 4.13. The van der Waals surface area contributed by atoms with E-state index >= 15 is 0 Å². The van der Waals surface area contributed by atoms with Gasteiger partial charge in [-0.1, -0.05) is 11.6 Å². The maximum Gasteiger partial charge on any atom is 0.150 e. The Balaban J connectivity index is 2.59. The molecular weight excluding hydrogens is 238 g/mol. The maximum absolute atomic E-state index is 10.5. The Morgan fingerprint density at radius 2 is 2.24 bits per heavy atom. The Hall–Kier alpha value is -1.53. The lowest BCUT2D eigenvalue weighted by molar-refractivity contribution is 0.112. The minimum Gasteiger partial charge on any atom is -0.492 e. The van der Waals surface area contributed by atoms with E-state index in [0.717, 1.165) is 6.29 Å². The molecule has 1 rings (SSSR count). The molecule has 1 aromatic carbocycles. The zero-order valence-electron chi connectivity index (χ0n) is 9.87. The molecule has 0 aromatic heterocycles. The SMILES string of the molecule is CC(C)(C#N)CCOc1ccc(C=O)cc1Cl. The normalized spacial score (nSPS) is 10.7. The minimum atomic E-state index is -0.408. The molecule has 17 heavy (non-hydrogen) atoms. The first-order chi connectivity index (χ1) is 7.98. The number of carbonyl (C=O) groups excluding carboxylic acids is 1. The van der Waals surface area contributed by atoms with Crippen molar-refractivity contribution in [2.75, 3.05) is 6.61 Å². The molecule has 90 valence electrons. The standard InChI is InChI=1S/C13H14ClNO2/c1-13(2,9-15)5-6-17-12-4-3-10(8-16)7-11(12)14/h3-4,7-8H,5-6H2,1-2H3. The van der Waals surface area contributed by atoms with Crippen LogP contribution in [0.5, 0.6) is 5.75 Å². The molecule has 0 spiro atoms. The number of ether oxygens (including phenoxy) is 1. The van der Waals surface area contributed by atoms with E-state index in [4.69, 9.17) is 21.6 Å². The first-order valence-electron chi connectivity index (χ1n) is 5.27. The van der Waals surface area contributed by atoms with E-state index in [-0.39, 0.29) is 0 Å². The maximum atomic E-state index is 10.5. The lowest BCUT2D eigenvalue weighted by Crippen LogP contribution is -2.13. The van der Waals surface area contributed by atoms with E-state index in [0.29, 0.717) is 29.4 Å². The molecule has 0 aliphatic carbocycles. The number of hydrogen-bond acceptors (Lipinski definition) is 3. The average molecular weight is 252 g/mol. The number of aldehydes is 1. The molecule has 0 bridgehead atoms. The Bertz CT molecular complexity index is 449. The second kappa shape index (κ2) is 5.70. The van der Waals surface area contributed by atoms with Gasteiger partial charge in [-0.15, -0.1) is 0 Å². The van der Waals surface area contributed by atoms with Crippen LogP contribution in [0.4, 0.5) is 0 Å². The van der Waals surface area contributed by atoms with Crippen LogP contribution in [-0.4, -0.2) is 12.9 Å². The zero-order valence-corrected chi connectivity index (χ0v) is 10.6. The quantitative estimate of drug-likeness (QED) is 0.753. The molecule has 0 heterocycles. The van der Waals surface area contributed by atoms with Crippen molar-refractivity contribution >= 4 is 17.9 Å². The van der Waals surface area contributed by atoms with E-state index in [1.165, 1.54) is 0 Å². The molecule has 0 saturated carbocycles. The smallest absolute Gasteiger partial charge is 0.150 e. The zero-order chi connectivity index (χ0) is 12.9. The minimum absolute atomic E-state index is 0.407. The molecule has 0 fully saturated rings. The third kappa shape index (κ3) is 4.08. The largest absolute Gasteiger partial charge is 0.492 e. The molecule has 0 radical (unpaired) electrons. The molecule has 1 aromatic rings. The van der Waals surface area contributed by atoms with E-state index in [1.807, 2.05) is 13.8 Å². The van der Waals surface area contributed by atoms with Gasteiger partial charge in [0.05, 0.1) is 23.1 Å². The van der Waals surface area contributed by atoms with Crippen molar-refractivity contribution < 1.29 is 9.53 Å². The Labute approximate surface area is 106 Å². The number of carbonyl (C=O) groups is 1. The monoisotopic (exact) mass is 251 g/mol. The Kier molecular flexibility index (Phi) is 4.53. The van der Waals surface area contributed by atoms with E-state index < -0.39 is 5.41 Å². The summed E-state index contributed by atoms with van der Waals surface area (Å²) in [5.74, 6) is 0.533. The van der Waals surface area contributed by atoms with Gasteiger partial charge >= 0.3 is 0 Å². The highest BCUT2D eigenvalue weighted by atomic mass is 35.5. The summed E-state index contributed by atoms with van der Waals surface area (Å²) in [6, 6.07) is 7.06. The van der Waals surface area contributed by atoms with Gasteiger partial charge in [0.15, 0.2) is 0 Å². The predicted octanol–water partition coefficient (Wildman–Crippen LogP) is 3.47. The van der Waals surface area contributed by atoms with Crippen LogP contribution in [0, 0.1) is 16.7 Å². The summed E-state index contributed by atoms with van der Waals surface area (Å²) in [5.41, 5.74) is 0.106. The number of nitriles is 1. The van der Waals surface area contributed by atoms with Gasteiger partial charge in [-0.3, -0.25) is 4.79 Å². The molecular formula is C13H14ClNO2. The van der Waals surface area contributed by atoms with Gasteiger partial charge in [0.2, 0.25) is 0 Å². The number of benzene rings is 1. The molecule has 0 atom stereocenters. The van der Waals surface area contributed by atoms with Crippen LogP contribution in [0.25, 0.3) is 0 Å². The molecule has 0 aliphatic heterocycles. The third-order valence-electron chi connectivity index (χ3n) is 2.38. The van der Waals surface area contributed by atoms with E-state index in [2.05, 4.69) is 6.07 Å². The molecule has 0 N–H and O–H groups in total. The molecule has 3 nitrogen and oxygen atoms in total. The highest BCUT2D eigenvalue weighted by Crippen LogP contribution is 2.26. The van der Waals surface area contributed by atoms with Gasteiger partial charge in [0.1, 0.15) is 12.0 Å². The van der Waals surface area contributed by atoms with Gasteiger partial charge in [0, 0.05) is 5.56 Å². The van der Waals surface area contributed by atoms with Crippen molar-refractivity contribution in [3.63, 3.8) is 0 Å². The van der Waals surface area contributed by atoms with Crippen LogP contribution in [0.2, 0.25) is 5.02 Å². The van der Waals surface area contributed by atoms with Gasteiger partial charge in [-0.25, -0.2) is 0 Å². The van der Waals surface area contributed by atoms with Crippen LogP contribution in [0.3, 0.4) is 0 Å². The fourth-order valence-corrected chi connectivity index (χ4v) is 1.42. The number of rotatable bonds is 5. The first kappa shape index (κ1) is 13.5. The van der Waals surface area contributed by atoms with Crippen molar-refractivity contribution in [2.45, 2.75) is 20.3 Å². The van der Waals surface area contributed by atoms with Gasteiger partial charge < -0.3 is 4.74 Å². The second-order valence-electron chi connectivity index (χ2n) is 4.40. The van der Waals surface area contributed by atoms with Crippen molar-refractivity contribution in [2.24, 2.45) is 5.41 Å². The molecule has 0 unspecified atom stereocenters. The van der Waals surface area contributed by atoms with Gasteiger partial charge in [0.25, 0.3) is 0 Å². The van der Waals surface area contributed by atoms with E-state index in [9.17, 15) is 4.79 Å². The van der Waals surface area contributed by atoms with Crippen molar-refractivity contribution in [1.82, 2.24) is 0 Å². The summed E-state index contributed by atoms with van der Waals surface area (Å²) < 4.78 is 5.47. The Morgan fingerprint density at radius 1 is 1.53 bits per heavy atom. The topological polar surface area (TPSA) is 50.1 Å². The average Bonchev–Trinajstić information content (AvgIpc) is 2.31. The van der Waals surface area contributed by atoms with Crippen LogP contribution in [0.1, 0.15) is 30.6 Å². The van der Waals surface area contributed by atoms with Crippen LogP contribution >= 0.6 is 11.6 Å². The highest BCUT2D eigenvalue weighted by molar-refractivity contribution is 6.32. The predicted molar refractivity (Wildman–Crippen MR) is 66.3 cm³/mol. The molecule has 0 amide bonds. The molecule has 0 aliphatic rings. The fourth-order valence-electron chi connectivity index (χ4n) is 1.18. The number of hydrogen-bond donors (Lipinski definition) is 0. The fraction of sp³-hybridized carbons (Fsp3) is 0.385. The van der Waals surface area contributed by atoms with Crippen molar-refractivity contribution in [1.29, 1.82) is 5.26 Å². The number of nitrogens with zero attached hydrogens (tertiary/aromatic N) is 1. The van der Waals surface area contributed by atoms with Crippen LogP contribution in [-0.2, 0) is 0 Å². The highest BCUT2D eigenvalue weighted by Gasteiger charge is 2.16. The second-order valence-corrected chi connectivity index (χ2v) is 4.81. The first-order valence-corrected chi connectivity index (χ1v) is 5.65. The van der Waals surface area contributed by atoms with Gasteiger partial charge in [-0.2, -0.15) is 5.26 Å². The molecule has 4 heteroatoms. The summed E-state index contributed by atoms with van der Waals surface area (Å²) in [4.78, 5) is 10.5. The third-order valence-corrected chi connectivity index (χ3v) is 2.67. The Morgan fingerprint density at radius 3 is 2.76 bits per heavy atom. The number of halogens is 1. The molecule has 0 saturated heterocycles. The lowest BCUT2D eigenvalue weighted by atomic mass is 9.92. The lowest BCUT2D eigenvalue weighted by Gasteiger charge is -2.15. The van der Waals surface area contributed by atoms with Crippen molar-refractivity contribution in [3.8, 4) is 11.8 Å². The van der Waals surface area contributed by atoms with Gasteiger partial charge in [-0.05, 0) is 38.5 Å². The summed E-state index contributed by atoms with van der Waals surface area (Å²) in [5, 5.41) is 9.25. The van der Waals surface area contributed by atoms with Crippen LogP contribution in [0.15, 0.2) is 18.2 Å². The summed E-state index contributed by atoms with van der Waals surface area (Å²) in [6.07, 6.45) is 1.35. The summed E-state index contributed by atoms with van der Waals surface area (Å²) in [7, 11) is 0. The van der Waals surface area contributed by atoms with E-state index in [1.54, 1.807) is 18.2 Å². The van der Waals surface area contributed by atoms with Crippen LogP contribution < -0.4 is 4.74 Å². The summed E-state index contributed by atoms with van der Waals surface area (Å²) >= 11 is 5.94.